The molecule has 1 atom stereocenters. The Balaban J connectivity index is 1.76. The maximum absolute atomic E-state index is 14.4. The van der Waals surface area contributed by atoms with Crippen LogP contribution >= 0.6 is 11.3 Å². The van der Waals surface area contributed by atoms with Gasteiger partial charge < -0.3 is 0 Å². The van der Waals surface area contributed by atoms with E-state index in [0.717, 1.165) is 22.1 Å². The Morgan fingerprint density at radius 1 is 1.08 bits per heavy atom. The number of hydrogen-bond acceptors (Lipinski definition) is 4. The van der Waals surface area contributed by atoms with Gasteiger partial charge in [-0.25, -0.2) is 14.4 Å². The second kappa shape index (κ2) is 6.41. The highest BCUT2D eigenvalue weighted by molar-refractivity contribution is 7.13. The predicted octanol–water partition coefficient (Wildman–Crippen LogP) is 5.25. The van der Waals surface area contributed by atoms with Crippen molar-refractivity contribution in [2.24, 2.45) is 5.10 Å². The maximum Gasteiger partial charge on any atom is 0.206 e. The fourth-order valence-corrected chi connectivity index (χ4v) is 3.84. The van der Waals surface area contributed by atoms with E-state index >= 15 is 0 Å². The van der Waals surface area contributed by atoms with Crippen LogP contribution in [0.25, 0.3) is 0 Å². The number of halogens is 1. The van der Waals surface area contributed by atoms with Crippen molar-refractivity contribution in [2.45, 2.75) is 26.3 Å². The van der Waals surface area contributed by atoms with E-state index in [4.69, 9.17) is 5.10 Å². The van der Waals surface area contributed by atoms with E-state index in [9.17, 15) is 4.39 Å². The summed E-state index contributed by atoms with van der Waals surface area (Å²) in [4.78, 5) is 4.56. The van der Waals surface area contributed by atoms with Crippen LogP contribution in [-0.4, -0.2) is 10.7 Å². The average molecular weight is 351 g/mol. The zero-order valence-corrected chi connectivity index (χ0v) is 14.9. The van der Waals surface area contributed by atoms with Crippen molar-refractivity contribution >= 4 is 22.2 Å². The van der Waals surface area contributed by atoms with E-state index in [1.165, 1.54) is 23.0 Å². The number of rotatable bonds is 3. The molecule has 2 aromatic carbocycles. The third-order valence-electron chi connectivity index (χ3n) is 4.36. The second-order valence-corrected chi connectivity index (χ2v) is 7.11. The van der Waals surface area contributed by atoms with E-state index in [1.807, 2.05) is 29.4 Å². The SMILES string of the molecule is Cc1ccc(C2=NN(c3nc(C)cs3)[C@@H](c3ccccc3F)C2)cc1. The molecular formula is C20H18FN3S. The van der Waals surface area contributed by atoms with Crippen LogP contribution in [0.5, 0.6) is 0 Å². The Morgan fingerprint density at radius 3 is 2.52 bits per heavy atom. The van der Waals surface area contributed by atoms with Crippen LogP contribution in [0.2, 0.25) is 0 Å². The van der Waals surface area contributed by atoms with Crippen LogP contribution in [0.3, 0.4) is 0 Å². The van der Waals surface area contributed by atoms with Gasteiger partial charge in [-0.15, -0.1) is 11.3 Å². The Morgan fingerprint density at radius 2 is 1.84 bits per heavy atom. The highest BCUT2D eigenvalue weighted by Gasteiger charge is 2.33. The number of hydrazone groups is 1. The summed E-state index contributed by atoms with van der Waals surface area (Å²) in [6.45, 7) is 4.02. The third kappa shape index (κ3) is 3.07. The predicted molar refractivity (Wildman–Crippen MR) is 101 cm³/mol. The molecule has 1 aromatic heterocycles. The molecule has 0 saturated carbocycles. The van der Waals surface area contributed by atoms with E-state index < -0.39 is 0 Å². The minimum atomic E-state index is -0.203. The maximum atomic E-state index is 14.4. The molecule has 1 aliphatic heterocycles. The molecule has 25 heavy (non-hydrogen) atoms. The van der Waals surface area contributed by atoms with Gasteiger partial charge >= 0.3 is 0 Å². The van der Waals surface area contributed by atoms with Gasteiger partial charge in [0.1, 0.15) is 5.82 Å². The van der Waals surface area contributed by atoms with Gasteiger partial charge in [-0.1, -0.05) is 48.0 Å². The van der Waals surface area contributed by atoms with Crippen LogP contribution < -0.4 is 5.01 Å². The lowest BCUT2D eigenvalue weighted by Crippen LogP contribution is -2.19. The smallest absolute Gasteiger partial charge is 0.206 e. The minimum absolute atomic E-state index is 0.178. The summed E-state index contributed by atoms with van der Waals surface area (Å²) in [5, 5.41) is 9.46. The molecule has 4 rings (SSSR count). The van der Waals surface area contributed by atoms with Crippen LogP contribution in [0.15, 0.2) is 59.0 Å². The number of hydrogen-bond donors (Lipinski definition) is 0. The van der Waals surface area contributed by atoms with Crippen molar-refractivity contribution in [2.75, 3.05) is 5.01 Å². The number of aryl methyl sites for hydroxylation is 2. The molecule has 0 radical (unpaired) electrons. The fraction of sp³-hybridized carbons (Fsp3) is 0.200. The molecule has 0 saturated heterocycles. The Kier molecular flexibility index (Phi) is 4.09. The van der Waals surface area contributed by atoms with E-state index in [1.54, 1.807) is 6.07 Å². The molecule has 0 N–H and O–H groups in total. The zero-order chi connectivity index (χ0) is 17.4. The van der Waals surface area contributed by atoms with Crippen molar-refractivity contribution in [1.82, 2.24) is 4.98 Å². The van der Waals surface area contributed by atoms with Crippen molar-refractivity contribution in [3.8, 4) is 0 Å². The van der Waals surface area contributed by atoms with Gasteiger partial charge in [0.2, 0.25) is 5.13 Å². The quantitative estimate of drug-likeness (QED) is 0.644. The van der Waals surface area contributed by atoms with Gasteiger partial charge in [0.05, 0.1) is 17.4 Å². The largest absolute Gasteiger partial charge is 0.231 e. The molecule has 5 heteroatoms. The summed E-state index contributed by atoms with van der Waals surface area (Å²) in [7, 11) is 0. The normalized spacial score (nSPS) is 17.0. The molecule has 2 heterocycles. The highest BCUT2D eigenvalue weighted by Crippen LogP contribution is 2.38. The van der Waals surface area contributed by atoms with Crippen molar-refractivity contribution in [1.29, 1.82) is 0 Å². The number of anilines is 1. The van der Waals surface area contributed by atoms with Gasteiger partial charge in [-0.05, 0) is 25.5 Å². The van der Waals surface area contributed by atoms with Crippen LogP contribution in [0.4, 0.5) is 9.52 Å². The first-order valence-corrected chi connectivity index (χ1v) is 9.10. The molecule has 0 amide bonds. The lowest BCUT2D eigenvalue weighted by atomic mass is 9.98. The highest BCUT2D eigenvalue weighted by atomic mass is 32.1. The number of aromatic nitrogens is 1. The molecule has 0 aliphatic carbocycles. The van der Waals surface area contributed by atoms with Gasteiger partial charge in [0, 0.05) is 17.4 Å². The summed E-state index contributed by atoms with van der Waals surface area (Å²) >= 11 is 1.54. The van der Waals surface area contributed by atoms with Gasteiger partial charge in [-0.3, -0.25) is 0 Å². The lowest BCUT2D eigenvalue weighted by molar-refractivity contribution is 0.579. The lowest BCUT2D eigenvalue weighted by Gasteiger charge is -2.21. The van der Waals surface area contributed by atoms with E-state index in [0.29, 0.717) is 12.0 Å². The van der Waals surface area contributed by atoms with E-state index in [2.05, 4.69) is 36.2 Å². The van der Waals surface area contributed by atoms with E-state index in [-0.39, 0.29) is 11.9 Å². The number of thiazole rings is 1. The van der Waals surface area contributed by atoms with Crippen molar-refractivity contribution < 1.29 is 4.39 Å². The van der Waals surface area contributed by atoms with Crippen molar-refractivity contribution in [3.05, 3.63) is 82.1 Å². The molecule has 0 bridgehead atoms. The molecule has 3 aromatic rings. The van der Waals surface area contributed by atoms with Crippen LogP contribution in [0.1, 0.15) is 34.8 Å². The first-order chi connectivity index (χ1) is 12.1. The summed E-state index contributed by atoms with van der Waals surface area (Å²) < 4.78 is 14.4. The summed E-state index contributed by atoms with van der Waals surface area (Å²) in [6, 6.07) is 15.0. The van der Waals surface area contributed by atoms with Gasteiger partial charge in [-0.2, -0.15) is 5.10 Å². The molecular weight excluding hydrogens is 333 g/mol. The zero-order valence-electron chi connectivity index (χ0n) is 14.1. The molecule has 0 fully saturated rings. The Hall–Kier alpha value is -2.53. The minimum Gasteiger partial charge on any atom is -0.231 e. The average Bonchev–Trinajstić information content (AvgIpc) is 3.22. The van der Waals surface area contributed by atoms with Gasteiger partial charge in [0.15, 0.2) is 0 Å². The van der Waals surface area contributed by atoms with Crippen LogP contribution in [0, 0.1) is 19.7 Å². The molecule has 126 valence electrons. The topological polar surface area (TPSA) is 28.5 Å². The molecule has 3 nitrogen and oxygen atoms in total. The summed E-state index contributed by atoms with van der Waals surface area (Å²) in [5.41, 5.74) is 4.84. The Bertz CT molecular complexity index is 930. The van der Waals surface area contributed by atoms with Crippen LogP contribution in [-0.2, 0) is 0 Å². The number of nitrogens with zero attached hydrogens (tertiary/aromatic N) is 3. The monoisotopic (exact) mass is 351 g/mol. The molecule has 0 unspecified atom stereocenters. The third-order valence-corrected chi connectivity index (χ3v) is 5.31. The summed E-state index contributed by atoms with van der Waals surface area (Å²) in [6.07, 6.45) is 0.655. The molecule has 1 aliphatic rings. The number of benzene rings is 2. The first-order valence-electron chi connectivity index (χ1n) is 8.22. The first kappa shape index (κ1) is 16.0. The second-order valence-electron chi connectivity index (χ2n) is 6.27. The Labute approximate surface area is 150 Å². The fourth-order valence-electron chi connectivity index (χ4n) is 3.04. The van der Waals surface area contributed by atoms with Crippen molar-refractivity contribution in [3.63, 3.8) is 0 Å². The van der Waals surface area contributed by atoms with Gasteiger partial charge in [0.25, 0.3) is 0 Å². The summed E-state index contributed by atoms with van der Waals surface area (Å²) in [5.74, 6) is -0.203. The molecule has 0 spiro atoms. The standard InChI is InChI=1S/C20H18FN3S/c1-13-7-9-15(10-8-13)18-11-19(16-5-3-4-6-17(16)21)24(23-18)20-22-14(2)12-25-20/h3-10,12,19H,11H2,1-2H3/t19-/m1/s1.